The summed E-state index contributed by atoms with van der Waals surface area (Å²) >= 11 is 0. The third-order valence-corrected chi connectivity index (χ3v) is 5.45. The van der Waals surface area contributed by atoms with E-state index in [1.807, 2.05) is 0 Å². The zero-order valence-electron chi connectivity index (χ0n) is 10.8. The van der Waals surface area contributed by atoms with E-state index in [0.29, 0.717) is 4.90 Å². The molecular weight excluding hydrogens is 222 g/mol. The Balaban J connectivity index is 2.69. The molecule has 2 heterocycles. The number of β-lactam (4-membered cyclic amide) rings is 1. The lowest BCUT2D eigenvalue weighted by Crippen LogP contribution is -2.57. The fourth-order valence-electron chi connectivity index (χ4n) is 2.03. The molecule has 2 aliphatic rings. The first-order chi connectivity index (χ1) is 7.96. The molecule has 0 saturated carbocycles. The number of fused-ring (bicyclic) bond motifs is 1. The first kappa shape index (κ1) is 7.21. The summed E-state index contributed by atoms with van der Waals surface area (Å²) in [7, 11) is -4.25. The number of amides is 1. The number of carbonyl (C=O) groups is 2. The fraction of sp³-hybridized carbons (Fsp3) is 0.750. The summed E-state index contributed by atoms with van der Waals surface area (Å²) in [5.41, 5.74) is 0. The highest BCUT2D eigenvalue weighted by Gasteiger charge is 2.67. The topological polar surface area (TPSA) is 91.8 Å². The van der Waals surface area contributed by atoms with Crippen LogP contribution in [0.5, 0.6) is 0 Å². The van der Waals surface area contributed by atoms with Gasteiger partial charge in [-0.3, -0.25) is 4.79 Å². The lowest BCUT2D eigenvalue weighted by Gasteiger charge is -2.35. The summed E-state index contributed by atoms with van der Waals surface area (Å²) in [6, 6.07) is -1.86. The lowest BCUT2D eigenvalue weighted by atomic mass is 9.98. The highest BCUT2D eigenvalue weighted by molar-refractivity contribution is 7.93. The predicted octanol–water partition coefficient (Wildman–Crippen LogP) is -0.795. The van der Waals surface area contributed by atoms with Gasteiger partial charge in [0.1, 0.15) is 11.4 Å². The quantitative estimate of drug-likeness (QED) is 0.602. The molecule has 0 radical (unpaired) electrons. The van der Waals surface area contributed by atoms with Crippen LogP contribution in [0.3, 0.4) is 0 Å². The lowest BCUT2D eigenvalue weighted by molar-refractivity contribution is -0.157. The molecule has 2 saturated heterocycles. The molecule has 3 atom stereocenters. The third kappa shape index (κ3) is 0.961. The van der Waals surface area contributed by atoms with Crippen LogP contribution in [0.15, 0.2) is 0 Å². The molecule has 2 rings (SSSR count). The molecule has 84 valence electrons. The Morgan fingerprint density at radius 3 is 2.73 bits per heavy atom. The minimum absolute atomic E-state index is 0.349. The monoisotopic (exact) mass is 236 g/mol. The van der Waals surface area contributed by atoms with Gasteiger partial charge in [0.2, 0.25) is 5.91 Å². The van der Waals surface area contributed by atoms with Crippen LogP contribution in [-0.2, 0) is 19.4 Å². The third-order valence-electron chi connectivity index (χ3n) is 2.93. The molecule has 1 N–H and O–H groups in total. The summed E-state index contributed by atoms with van der Waals surface area (Å²) in [5.74, 6) is -2.27. The van der Waals surface area contributed by atoms with Crippen molar-refractivity contribution in [3.8, 4) is 0 Å². The molecule has 2 fully saturated rings. The largest absolute Gasteiger partial charge is 0.480 e. The van der Waals surface area contributed by atoms with Gasteiger partial charge in [-0.15, -0.1) is 0 Å². The van der Waals surface area contributed by atoms with Crippen molar-refractivity contribution in [2.24, 2.45) is 0 Å². The fourth-order valence-corrected chi connectivity index (χ4v) is 4.02. The molecular formula is C8H11NO5S. The Labute approximate surface area is 91.0 Å². The van der Waals surface area contributed by atoms with E-state index in [1.54, 1.807) is 0 Å². The first-order valence-electron chi connectivity index (χ1n) is 5.73. The standard InChI is InChI=1S/C8H11NO5S/c1-8(2)6(7(11)12)9-4(10)3-5(9)15(8,13)14/h5-6H,3H2,1-2H3,(H,11,12)/t5-,6+/m1/s1/i1D3/t5-,6+,8-. The van der Waals surface area contributed by atoms with Gasteiger partial charge in [-0.2, -0.15) is 0 Å². The van der Waals surface area contributed by atoms with Gasteiger partial charge in [-0.25, -0.2) is 13.2 Å². The van der Waals surface area contributed by atoms with E-state index < -0.39 is 44.7 Å². The number of sulfone groups is 1. The minimum atomic E-state index is -4.25. The number of hydrogen-bond donors (Lipinski definition) is 1. The van der Waals surface area contributed by atoms with Crippen molar-refractivity contribution >= 4 is 21.7 Å². The van der Waals surface area contributed by atoms with Crippen molar-refractivity contribution < 1.29 is 27.2 Å². The summed E-state index contributed by atoms with van der Waals surface area (Å²) in [6.45, 7) is -2.15. The molecule has 0 aliphatic carbocycles. The van der Waals surface area contributed by atoms with Crippen molar-refractivity contribution in [1.29, 1.82) is 0 Å². The number of rotatable bonds is 1. The van der Waals surface area contributed by atoms with Crippen molar-refractivity contribution in [3.05, 3.63) is 0 Å². The molecule has 7 heteroatoms. The van der Waals surface area contributed by atoms with Crippen LogP contribution < -0.4 is 0 Å². The first-order valence-corrected chi connectivity index (χ1v) is 5.78. The van der Waals surface area contributed by atoms with E-state index in [4.69, 9.17) is 9.22 Å². The van der Waals surface area contributed by atoms with Gasteiger partial charge in [0.05, 0.1) is 11.2 Å². The molecule has 0 aromatic heterocycles. The van der Waals surface area contributed by atoms with E-state index >= 15 is 0 Å². The number of aliphatic carboxylic acids is 1. The van der Waals surface area contributed by atoms with Gasteiger partial charge in [-0.1, -0.05) is 0 Å². The van der Waals surface area contributed by atoms with Crippen LogP contribution in [0, 0.1) is 0 Å². The van der Waals surface area contributed by atoms with Gasteiger partial charge < -0.3 is 10.0 Å². The Kier molecular flexibility index (Phi) is 1.21. The van der Waals surface area contributed by atoms with E-state index in [2.05, 4.69) is 0 Å². The normalized spacial score (nSPS) is 46.1. The number of carbonyl (C=O) groups excluding carboxylic acids is 1. The van der Waals surface area contributed by atoms with Gasteiger partial charge >= 0.3 is 5.97 Å². The number of nitrogens with zero attached hydrogens (tertiary/aromatic N) is 1. The molecule has 0 aromatic carbocycles. The van der Waals surface area contributed by atoms with Gasteiger partial charge in [0, 0.05) is 4.11 Å². The van der Waals surface area contributed by atoms with Crippen LogP contribution in [-0.4, -0.2) is 46.5 Å². The second-order valence-electron chi connectivity index (χ2n) is 3.85. The van der Waals surface area contributed by atoms with E-state index in [0.717, 1.165) is 6.92 Å². The molecule has 0 spiro atoms. The molecule has 2 aliphatic heterocycles. The Hall–Kier alpha value is -1.11. The van der Waals surface area contributed by atoms with Crippen LogP contribution in [0.4, 0.5) is 0 Å². The summed E-state index contributed by atoms with van der Waals surface area (Å²) in [5, 5.41) is 7.75. The second-order valence-corrected chi connectivity index (χ2v) is 6.33. The molecule has 1 amide bonds. The van der Waals surface area contributed by atoms with Gasteiger partial charge in [0.15, 0.2) is 9.84 Å². The maximum absolute atomic E-state index is 12.2. The van der Waals surface area contributed by atoms with Crippen molar-refractivity contribution in [2.45, 2.75) is 36.4 Å². The maximum Gasteiger partial charge on any atom is 0.328 e. The van der Waals surface area contributed by atoms with Crippen LogP contribution in [0.2, 0.25) is 0 Å². The average Bonchev–Trinajstić information content (AvgIpc) is 2.32. The van der Waals surface area contributed by atoms with Crippen LogP contribution in [0.1, 0.15) is 24.3 Å². The molecule has 6 nitrogen and oxygen atoms in total. The zero-order chi connectivity index (χ0) is 14.1. The Morgan fingerprint density at radius 2 is 2.33 bits per heavy atom. The molecule has 15 heavy (non-hydrogen) atoms. The number of carboxylic acids is 1. The average molecular weight is 236 g/mol. The van der Waals surface area contributed by atoms with Gasteiger partial charge in [-0.05, 0) is 13.8 Å². The highest BCUT2D eigenvalue weighted by Crippen LogP contribution is 2.45. The zero-order valence-corrected chi connectivity index (χ0v) is 8.61. The molecule has 0 unspecified atom stereocenters. The number of carboxylic acid groups (broad SMARTS) is 1. The SMILES string of the molecule is [2H]C([2H])([2H])[C@@]1(C)[C@H](C(=O)O)N2C(=O)C[C@H]2S1(=O)=O. The van der Waals surface area contributed by atoms with Crippen molar-refractivity contribution in [3.63, 3.8) is 0 Å². The summed E-state index contributed by atoms with van der Waals surface area (Å²) < 4.78 is 43.9. The van der Waals surface area contributed by atoms with E-state index in [9.17, 15) is 18.0 Å². The minimum Gasteiger partial charge on any atom is -0.480 e. The number of hydrogen-bond acceptors (Lipinski definition) is 4. The van der Waals surface area contributed by atoms with Crippen LogP contribution in [0.25, 0.3) is 0 Å². The van der Waals surface area contributed by atoms with E-state index in [1.165, 1.54) is 0 Å². The predicted molar refractivity (Wildman–Crippen MR) is 49.7 cm³/mol. The molecule has 0 bridgehead atoms. The van der Waals surface area contributed by atoms with Gasteiger partial charge in [0.25, 0.3) is 0 Å². The smallest absolute Gasteiger partial charge is 0.328 e. The molecule has 0 aromatic rings. The highest BCUT2D eigenvalue weighted by atomic mass is 32.2. The van der Waals surface area contributed by atoms with Crippen LogP contribution >= 0.6 is 0 Å². The van der Waals surface area contributed by atoms with Crippen molar-refractivity contribution in [2.75, 3.05) is 0 Å². The maximum atomic E-state index is 12.2. The summed E-state index contributed by atoms with van der Waals surface area (Å²) in [6.07, 6.45) is -0.349. The van der Waals surface area contributed by atoms with Crippen molar-refractivity contribution in [1.82, 2.24) is 4.90 Å². The Bertz CT molecular complexity index is 541. The second kappa shape index (κ2) is 2.52. The van der Waals surface area contributed by atoms with E-state index in [-0.39, 0.29) is 6.42 Å². The Morgan fingerprint density at radius 1 is 1.73 bits per heavy atom. The summed E-state index contributed by atoms with van der Waals surface area (Å²) in [4.78, 5) is 23.2.